The van der Waals surface area contributed by atoms with Gasteiger partial charge in [0.25, 0.3) is 0 Å². The van der Waals surface area contributed by atoms with Crippen LogP contribution in [-0.4, -0.2) is 34.0 Å². The van der Waals surface area contributed by atoms with Gasteiger partial charge in [-0.2, -0.15) is 4.31 Å². The normalized spacial score (nSPS) is 21.2. The number of sulfonamides is 1. The zero-order valence-corrected chi connectivity index (χ0v) is 18.5. The average molecular weight is 494 g/mol. The van der Waals surface area contributed by atoms with E-state index in [1.165, 1.54) is 4.31 Å². The van der Waals surface area contributed by atoms with Crippen molar-refractivity contribution in [2.24, 2.45) is 0 Å². The van der Waals surface area contributed by atoms with E-state index in [1.807, 2.05) is 0 Å². The second kappa shape index (κ2) is 7.63. The number of benzene rings is 1. The number of hydrogen-bond donors (Lipinski definition) is 0. The first kappa shape index (κ1) is 19.6. The molecule has 27 heavy (non-hydrogen) atoms. The number of aromatic nitrogens is 3. The molecule has 0 spiro atoms. The highest BCUT2D eigenvalue weighted by Crippen LogP contribution is 2.41. The lowest BCUT2D eigenvalue weighted by molar-refractivity contribution is 0.370. The Morgan fingerprint density at radius 2 is 1.78 bits per heavy atom. The van der Waals surface area contributed by atoms with Gasteiger partial charge >= 0.3 is 0 Å². The van der Waals surface area contributed by atoms with Crippen LogP contribution in [0.15, 0.2) is 21.5 Å². The zero-order chi connectivity index (χ0) is 19.2. The van der Waals surface area contributed by atoms with Gasteiger partial charge in [-0.3, -0.25) is 0 Å². The number of rotatable bonds is 3. The molecule has 1 saturated heterocycles. The van der Waals surface area contributed by atoms with E-state index < -0.39 is 10.0 Å². The van der Waals surface area contributed by atoms with Gasteiger partial charge in [-0.15, -0.1) is 10.2 Å². The minimum Gasteiger partial charge on any atom is -0.314 e. The molecular weight excluding hydrogens is 475 g/mol. The van der Waals surface area contributed by atoms with E-state index in [0.717, 1.165) is 50.3 Å². The minimum atomic E-state index is -3.86. The Morgan fingerprint density at radius 1 is 1.04 bits per heavy atom. The van der Waals surface area contributed by atoms with E-state index in [0.29, 0.717) is 17.4 Å². The van der Waals surface area contributed by atoms with Crippen LogP contribution in [0.4, 0.5) is 0 Å². The van der Waals surface area contributed by atoms with Crippen molar-refractivity contribution < 1.29 is 8.42 Å². The molecule has 1 aromatic carbocycles. The van der Waals surface area contributed by atoms with E-state index in [4.69, 9.17) is 23.2 Å². The van der Waals surface area contributed by atoms with E-state index in [9.17, 15) is 8.42 Å². The molecule has 146 valence electrons. The lowest BCUT2D eigenvalue weighted by Crippen LogP contribution is -2.32. The third-order valence-corrected chi connectivity index (χ3v) is 8.46. The molecule has 4 rings (SSSR count). The van der Waals surface area contributed by atoms with Crippen molar-refractivity contribution in [2.75, 3.05) is 6.54 Å². The molecule has 2 aromatic rings. The Bertz CT molecular complexity index is 956. The molecule has 0 N–H and O–H groups in total. The molecule has 3 heterocycles. The van der Waals surface area contributed by atoms with Crippen LogP contribution in [-0.2, 0) is 23.0 Å². The first-order valence-electron chi connectivity index (χ1n) is 8.98. The van der Waals surface area contributed by atoms with Crippen LogP contribution < -0.4 is 0 Å². The van der Waals surface area contributed by atoms with Crippen molar-refractivity contribution in [1.29, 1.82) is 0 Å². The summed E-state index contributed by atoms with van der Waals surface area (Å²) < 4.78 is 31.1. The van der Waals surface area contributed by atoms with Gasteiger partial charge in [-0.05, 0) is 37.8 Å². The number of fused-ring (bicyclic) bond motifs is 1. The molecule has 0 bridgehead atoms. The maximum absolute atomic E-state index is 13.4. The van der Waals surface area contributed by atoms with Crippen molar-refractivity contribution in [3.05, 3.63) is 38.3 Å². The fraction of sp³-hybridized carbons (Fsp3) is 0.529. The summed E-state index contributed by atoms with van der Waals surface area (Å²) in [6, 6.07) is 2.76. The molecule has 0 saturated carbocycles. The smallest absolute Gasteiger partial charge is 0.246 e. The second-order valence-corrected chi connectivity index (χ2v) is 10.5. The van der Waals surface area contributed by atoms with Crippen molar-refractivity contribution >= 4 is 49.2 Å². The molecule has 2 aliphatic heterocycles. The van der Waals surface area contributed by atoms with E-state index in [1.54, 1.807) is 12.1 Å². The molecule has 0 amide bonds. The second-order valence-electron chi connectivity index (χ2n) is 6.91. The Morgan fingerprint density at radius 3 is 2.52 bits per heavy atom. The number of nitrogens with zero attached hydrogens (tertiary/aromatic N) is 4. The fourth-order valence-corrected chi connectivity index (χ4v) is 7.48. The SMILES string of the molecule is O=S(=O)(c1c(Cl)cc(Br)cc1Cl)N1CCCC1c1nnc2n1CCCCC2. The Labute approximate surface area is 177 Å². The molecule has 2 aliphatic rings. The Hall–Kier alpha value is -0.670. The molecule has 1 aromatic heterocycles. The predicted octanol–water partition coefficient (Wildman–Crippen LogP) is 4.60. The highest BCUT2D eigenvalue weighted by atomic mass is 79.9. The van der Waals surface area contributed by atoms with Gasteiger partial charge < -0.3 is 4.57 Å². The van der Waals surface area contributed by atoms with E-state index in [-0.39, 0.29) is 21.0 Å². The predicted molar refractivity (Wildman–Crippen MR) is 108 cm³/mol. The molecule has 1 fully saturated rings. The van der Waals surface area contributed by atoms with Gasteiger partial charge in [0.1, 0.15) is 10.7 Å². The molecular formula is C17H19BrCl2N4O2S. The van der Waals surface area contributed by atoms with Crippen LogP contribution in [0.5, 0.6) is 0 Å². The molecule has 6 nitrogen and oxygen atoms in total. The van der Waals surface area contributed by atoms with Gasteiger partial charge in [0.15, 0.2) is 5.82 Å². The maximum atomic E-state index is 13.4. The zero-order valence-electron chi connectivity index (χ0n) is 14.5. The highest BCUT2D eigenvalue weighted by molar-refractivity contribution is 9.10. The molecule has 0 aliphatic carbocycles. The number of aryl methyl sites for hydroxylation is 1. The lowest BCUT2D eigenvalue weighted by atomic mass is 10.2. The lowest BCUT2D eigenvalue weighted by Gasteiger charge is -2.25. The van der Waals surface area contributed by atoms with Crippen LogP contribution in [0.3, 0.4) is 0 Å². The Kier molecular flexibility index (Phi) is 5.55. The largest absolute Gasteiger partial charge is 0.314 e. The molecule has 1 unspecified atom stereocenters. The molecule has 0 radical (unpaired) electrons. The van der Waals surface area contributed by atoms with Gasteiger partial charge in [0.2, 0.25) is 10.0 Å². The first-order chi connectivity index (χ1) is 12.9. The first-order valence-corrected chi connectivity index (χ1v) is 12.0. The fourth-order valence-electron chi connectivity index (χ4n) is 3.93. The maximum Gasteiger partial charge on any atom is 0.246 e. The van der Waals surface area contributed by atoms with Crippen LogP contribution >= 0.6 is 39.1 Å². The number of halogens is 3. The quantitative estimate of drug-likeness (QED) is 0.626. The Balaban J connectivity index is 1.75. The standard InChI is InChI=1S/C17H19BrCl2N4O2S/c18-11-9-12(19)16(13(20)10-11)27(25,26)24-8-4-5-14(24)17-22-21-15-6-2-1-3-7-23(15)17/h9-10,14H,1-8H2. The van der Waals surface area contributed by atoms with Crippen molar-refractivity contribution in [1.82, 2.24) is 19.1 Å². The average Bonchev–Trinajstić information content (AvgIpc) is 3.15. The monoisotopic (exact) mass is 492 g/mol. The van der Waals surface area contributed by atoms with Crippen LogP contribution in [0, 0.1) is 0 Å². The van der Waals surface area contributed by atoms with Crippen LogP contribution in [0.1, 0.15) is 49.8 Å². The minimum absolute atomic E-state index is 0.0449. The van der Waals surface area contributed by atoms with Crippen molar-refractivity contribution in [2.45, 2.75) is 56.0 Å². The summed E-state index contributed by atoms with van der Waals surface area (Å²) in [5, 5.41) is 8.92. The summed E-state index contributed by atoms with van der Waals surface area (Å²) in [4.78, 5) is -0.0449. The summed E-state index contributed by atoms with van der Waals surface area (Å²) >= 11 is 15.8. The van der Waals surface area contributed by atoms with Gasteiger partial charge in [0.05, 0.1) is 16.1 Å². The van der Waals surface area contributed by atoms with E-state index in [2.05, 4.69) is 30.7 Å². The van der Waals surface area contributed by atoms with Crippen LogP contribution in [0.25, 0.3) is 0 Å². The summed E-state index contributed by atoms with van der Waals surface area (Å²) in [5.41, 5.74) is 0. The molecule has 1 atom stereocenters. The van der Waals surface area contributed by atoms with Crippen molar-refractivity contribution in [3.63, 3.8) is 0 Å². The third-order valence-electron chi connectivity index (χ3n) is 5.17. The summed E-state index contributed by atoms with van der Waals surface area (Å²) in [6.45, 7) is 1.25. The van der Waals surface area contributed by atoms with Gasteiger partial charge in [0, 0.05) is 24.0 Å². The third kappa shape index (κ3) is 3.55. The van der Waals surface area contributed by atoms with E-state index >= 15 is 0 Å². The van der Waals surface area contributed by atoms with Crippen LogP contribution in [0.2, 0.25) is 10.0 Å². The summed E-state index contributed by atoms with van der Waals surface area (Å²) in [6.07, 6.45) is 5.66. The topological polar surface area (TPSA) is 68.1 Å². The summed E-state index contributed by atoms with van der Waals surface area (Å²) in [7, 11) is -3.86. The highest BCUT2D eigenvalue weighted by Gasteiger charge is 2.41. The van der Waals surface area contributed by atoms with Crippen molar-refractivity contribution in [3.8, 4) is 0 Å². The van der Waals surface area contributed by atoms with Gasteiger partial charge in [-0.1, -0.05) is 45.6 Å². The molecule has 10 heteroatoms. The van der Waals surface area contributed by atoms with Gasteiger partial charge in [-0.25, -0.2) is 8.42 Å². The number of hydrogen-bond acceptors (Lipinski definition) is 4. The summed E-state index contributed by atoms with van der Waals surface area (Å²) in [5.74, 6) is 1.68.